The van der Waals surface area contributed by atoms with Crippen LogP contribution in [-0.2, 0) is 9.53 Å². The molecular formula is C22H32N4O4. The number of ether oxygens (including phenoxy) is 1. The van der Waals surface area contributed by atoms with Crippen LogP contribution >= 0.6 is 0 Å². The molecule has 0 radical (unpaired) electrons. The fourth-order valence-electron chi connectivity index (χ4n) is 5.18. The summed E-state index contributed by atoms with van der Waals surface area (Å²) in [5.74, 6) is 1.12. The highest BCUT2D eigenvalue weighted by Gasteiger charge is 2.50. The molecule has 0 unspecified atom stereocenters. The van der Waals surface area contributed by atoms with E-state index in [1.807, 2.05) is 19.1 Å². The van der Waals surface area contributed by atoms with Gasteiger partial charge in [-0.2, -0.15) is 0 Å². The number of amides is 2. The maximum atomic E-state index is 13.4. The summed E-state index contributed by atoms with van der Waals surface area (Å²) >= 11 is 0. The number of nitrogens with zero attached hydrogens (tertiary/aromatic N) is 4. The Hall–Kier alpha value is -2.35. The zero-order valence-corrected chi connectivity index (χ0v) is 17.8. The lowest BCUT2D eigenvalue weighted by molar-refractivity contribution is -0.139. The molecule has 3 aliphatic rings. The van der Waals surface area contributed by atoms with Crippen molar-refractivity contribution in [2.24, 2.45) is 5.41 Å². The van der Waals surface area contributed by atoms with Crippen LogP contribution in [0.5, 0.6) is 0 Å². The molecule has 0 aliphatic carbocycles. The maximum Gasteiger partial charge on any atom is 0.411 e. The Kier molecular flexibility index (Phi) is 6.13. The first-order valence-electron chi connectivity index (χ1n) is 11.1. The van der Waals surface area contributed by atoms with Gasteiger partial charge < -0.3 is 19.6 Å². The van der Waals surface area contributed by atoms with Crippen LogP contribution in [0.3, 0.4) is 0 Å². The Morgan fingerprint density at radius 2 is 2.10 bits per heavy atom. The summed E-state index contributed by atoms with van der Waals surface area (Å²) in [5.41, 5.74) is 0.272. The van der Waals surface area contributed by atoms with E-state index in [9.17, 15) is 14.7 Å². The number of aromatic nitrogens is 1. The lowest BCUT2D eigenvalue weighted by atomic mass is 9.78. The van der Waals surface area contributed by atoms with Crippen LogP contribution in [0.4, 0.5) is 16.3 Å². The van der Waals surface area contributed by atoms with Crippen molar-refractivity contribution < 1.29 is 19.4 Å². The molecule has 164 valence electrons. The van der Waals surface area contributed by atoms with Crippen molar-refractivity contribution in [2.75, 3.05) is 49.2 Å². The lowest BCUT2D eigenvalue weighted by Crippen LogP contribution is -2.50. The Labute approximate surface area is 177 Å². The van der Waals surface area contributed by atoms with Crippen molar-refractivity contribution in [1.29, 1.82) is 0 Å². The van der Waals surface area contributed by atoms with Gasteiger partial charge in [-0.25, -0.2) is 9.78 Å². The standard InChI is InChI=1S/C22H32N4O4/c1-2-10-26(21(28)29)18-4-5-19(23-15-18)24-11-3-8-22(16-24)9-12-25(20(22)27)17-6-13-30-14-7-17/h4-5,15,17H,2-3,6-14,16H2,1H3,(H,28,29)/t22-/m0/s1. The highest BCUT2D eigenvalue weighted by atomic mass is 16.5. The Bertz CT molecular complexity index is 765. The van der Waals surface area contributed by atoms with Gasteiger partial charge in [0.15, 0.2) is 0 Å². The fraction of sp³-hybridized carbons (Fsp3) is 0.682. The first kappa shape index (κ1) is 20.9. The predicted molar refractivity (Wildman–Crippen MR) is 114 cm³/mol. The van der Waals surface area contributed by atoms with E-state index in [1.54, 1.807) is 6.20 Å². The van der Waals surface area contributed by atoms with E-state index in [-0.39, 0.29) is 5.41 Å². The third kappa shape index (κ3) is 3.97. The number of carbonyl (C=O) groups excluding carboxylic acids is 1. The summed E-state index contributed by atoms with van der Waals surface area (Å²) in [5, 5.41) is 9.41. The van der Waals surface area contributed by atoms with E-state index in [0.717, 1.165) is 70.6 Å². The van der Waals surface area contributed by atoms with Crippen LogP contribution in [0.1, 0.15) is 45.4 Å². The Morgan fingerprint density at radius 3 is 2.77 bits per heavy atom. The van der Waals surface area contributed by atoms with Crippen molar-refractivity contribution in [3.05, 3.63) is 18.3 Å². The predicted octanol–water partition coefficient (Wildman–Crippen LogP) is 2.97. The zero-order valence-electron chi connectivity index (χ0n) is 17.8. The third-order valence-corrected chi connectivity index (χ3v) is 6.80. The Morgan fingerprint density at radius 1 is 1.30 bits per heavy atom. The molecule has 30 heavy (non-hydrogen) atoms. The number of carbonyl (C=O) groups is 2. The number of rotatable bonds is 5. The van der Waals surface area contributed by atoms with Crippen LogP contribution in [0.25, 0.3) is 0 Å². The summed E-state index contributed by atoms with van der Waals surface area (Å²) in [7, 11) is 0. The van der Waals surface area contributed by atoms with Gasteiger partial charge in [-0.3, -0.25) is 9.69 Å². The zero-order chi connectivity index (χ0) is 21.1. The molecule has 1 atom stereocenters. The van der Waals surface area contributed by atoms with Crippen LogP contribution in [-0.4, -0.2) is 72.4 Å². The molecule has 4 heterocycles. The van der Waals surface area contributed by atoms with Crippen molar-refractivity contribution >= 4 is 23.5 Å². The van der Waals surface area contributed by atoms with E-state index in [2.05, 4.69) is 14.8 Å². The van der Waals surface area contributed by atoms with Gasteiger partial charge in [0.1, 0.15) is 5.82 Å². The number of likely N-dealkylation sites (tertiary alicyclic amines) is 1. The number of pyridine rings is 1. The molecule has 0 saturated carbocycles. The summed E-state index contributed by atoms with van der Waals surface area (Å²) in [6, 6.07) is 4.02. The van der Waals surface area contributed by atoms with Crippen molar-refractivity contribution in [3.63, 3.8) is 0 Å². The van der Waals surface area contributed by atoms with Crippen LogP contribution in [0.15, 0.2) is 18.3 Å². The highest BCUT2D eigenvalue weighted by molar-refractivity contribution is 5.87. The van der Waals surface area contributed by atoms with Gasteiger partial charge in [-0.05, 0) is 50.7 Å². The molecule has 2 amide bonds. The van der Waals surface area contributed by atoms with Crippen molar-refractivity contribution in [1.82, 2.24) is 9.88 Å². The van der Waals surface area contributed by atoms with E-state index in [1.165, 1.54) is 4.90 Å². The van der Waals surface area contributed by atoms with Gasteiger partial charge in [0.05, 0.1) is 17.3 Å². The smallest absolute Gasteiger partial charge is 0.411 e. The SMILES string of the molecule is CCCN(C(=O)O)c1ccc(N2CCC[C@]3(CCN(C4CCOCC4)C3=O)C2)nc1. The van der Waals surface area contributed by atoms with Crippen LogP contribution < -0.4 is 9.80 Å². The number of carboxylic acid groups (broad SMARTS) is 1. The summed E-state index contributed by atoms with van der Waals surface area (Å²) in [6.45, 7) is 6.29. The van der Waals surface area contributed by atoms with E-state index >= 15 is 0 Å². The number of hydrogen-bond donors (Lipinski definition) is 1. The molecule has 0 aromatic carbocycles. The minimum atomic E-state index is -0.965. The lowest BCUT2D eigenvalue weighted by Gasteiger charge is -2.40. The molecule has 3 aliphatic heterocycles. The third-order valence-electron chi connectivity index (χ3n) is 6.80. The summed E-state index contributed by atoms with van der Waals surface area (Å²) in [4.78, 5) is 35.1. The average molecular weight is 417 g/mol. The van der Waals surface area contributed by atoms with Gasteiger partial charge in [0.2, 0.25) is 5.91 Å². The molecule has 8 heteroatoms. The molecule has 3 fully saturated rings. The largest absolute Gasteiger partial charge is 0.465 e. The first-order valence-corrected chi connectivity index (χ1v) is 11.1. The minimum absolute atomic E-state index is 0.302. The number of anilines is 2. The summed E-state index contributed by atoms with van der Waals surface area (Å²) in [6.07, 6.45) is 6.09. The molecular weight excluding hydrogens is 384 g/mol. The topological polar surface area (TPSA) is 86.2 Å². The second-order valence-corrected chi connectivity index (χ2v) is 8.71. The van der Waals surface area contributed by atoms with Gasteiger partial charge in [-0.1, -0.05) is 6.92 Å². The second kappa shape index (κ2) is 8.79. The second-order valence-electron chi connectivity index (χ2n) is 8.71. The highest BCUT2D eigenvalue weighted by Crippen LogP contribution is 2.42. The fourth-order valence-corrected chi connectivity index (χ4v) is 5.18. The monoisotopic (exact) mass is 416 g/mol. The molecule has 1 spiro atoms. The molecule has 3 saturated heterocycles. The molecule has 1 N–H and O–H groups in total. The van der Waals surface area contributed by atoms with Crippen molar-refractivity contribution in [2.45, 2.75) is 51.5 Å². The maximum absolute atomic E-state index is 13.4. The van der Waals surface area contributed by atoms with E-state index in [4.69, 9.17) is 4.74 Å². The normalized spacial score (nSPS) is 25.2. The molecule has 0 bridgehead atoms. The summed E-state index contributed by atoms with van der Waals surface area (Å²) < 4.78 is 5.47. The van der Waals surface area contributed by atoms with Gasteiger partial charge in [0, 0.05) is 45.4 Å². The van der Waals surface area contributed by atoms with Crippen LogP contribution in [0, 0.1) is 5.41 Å². The van der Waals surface area contributed by atoms with Crippen molar-refractivity contribution in [3.8, 4) is 0 Å². The van der Waals surface area contributed by atoms with Gasteiger partial charge >= 0.3 is 6.09 Å². The first-order chi connectivity index (χ1) is 14.5. The molecule has 4 rings (SSSR count). The Balaban J connectivity index is 1.46. The van der Waals surface area contributed by atoms with Crippen LogP contribution in [0.2, 0.25) is 0 Å². The quantitative estimate of drug-likeness (QED) is 0.794. The van der Waals surface area contributed by atoms with E-state index < -0.39 is 6.09 Å². The number of hydrogen-bond acceptors (Lipinski definition) is 5. The average Bonchev–Trinajstić information content (AvgIpc) is 3.08. The van der Waals surface area contributed by atoms with Gasteiger partial charge in [0.25, 0.3) is 0 Å². The number of piperidine rings is 1. The van der Waals surface area contributed by atoms with E-state index in [0.29, 0.717) is 30.7 Å². The minimum Gasteiger partial charge on any atom is -0.465 e. The van der Waals surface area contributed by atoms with Gasteiger partial charge in [-0.15, -0.1) is 0 Å². The molecule has 1 aromatic heterocycles. The molecule has 1 aromatic rings. The molecule has 8 nitrogen and oxygen atoms in total.